The molecular formula is C16H4S7. The maximum Gasteiger partial charge on any atom is 0.0908 e. The molecule has 23 heavy (non-hydrogen) atoms. The monoisotopic (exact) mass is 420 g/mol. The van der Waals surface area contributed by atoms with Crippen molar-refractivity contribution in [3.05, 3.63) is 22.9 Å². The zero-order chi connectivity index (χ0) is 14.7. The molecule has 110 valence electrons. The quantitative estimate of drug-likeness (QED) is 0.229. The van der Waals surface area contributed by atoms with Gasteiger partial charge < -0.3 is 0 Å². The predicted molar refractivity (Wildman–Crippen MR) is 117 cm³/mol. The molecule has 0 N–H and O–H groups in total. The summed E-state index contributed by atoms with van der Waals surface area (Å²) in [5.74, 6) is 0. The summed E-state index contributed by atoms with van der Waals surface area (Å²) in [5, 5.41) is 13.5. The second-order valence-electron chi connectivity index (χ2n) is 5.40. The van der Waals surface area contributed by atoms with Crippen LogP contribution in [0.2, 0.25) is 0 Å². The Morgan fingerprint density at radius 2 is 0.826 bits per heavy atom. The fourth-order valence-electron chi connectivity index (χ4n) is 3.38. The maximum absolute atomic E-state index is 2.31. The minimum atomic E-state index is 1.47. The molecule has 0 atom stereocenters. The summed E-state index contributed by atoms with van der Waals surface area (Å²) in [6.45, 7) is 0. The molecule has 0 saturated heterocycles. The van der Waals surface area contributed by atoms with Crippen molar-refractivity contribution in [2.75, 3.05) is 0 Å². The number of hydrogen-bond donors (Lipinski definition) is 0. The van der Waals surface area contributed by atoms with Crippen molar-refractivity contribution >= 4 is 136 Å². The van der Waals surface area contributed by atoms with E-state index in [0.717, 1.165) is 0 Å². The highest BCUT2D eigenvalue weighted by atomic mass is 32.2. The Bertz CT molecular complexity index is 1400. The van der Waals surface area contributed by atoms with E-state index in [4.69, 9.17) is 0 Å². The molecule has 0 aromatic carbocycles. The molecule has 0 unspecified atom stereocenters. The molecule has 0 saturated carbocycles. The Balaban J connectivity index is 1.89. The molecule has 0 spiro atoms. The summed E-state index contributed by atoms with van der Waals surface area (Å²) in [6.07, 6.45) is 0. The predicted octanol–water partition coefficient (Wildman–Crippen LogP) is 9.04. The van der Waals surface area contributed by atoms with Gasteiger partial charge in [-0.3, -0.25) is 0 Å². The lowest BCUT2D eigenvalue weighted by Gasteiger charge is -1.86. The standard InChI is InChI=1S/C16H4S7/c1-3-17-11-5(1)7-9-10-8-6-2-4-18-12(6)20-14(8)22-16(10)23-15(9)21-13(7)19-11/h1-4H. The number of fused-ring (bicyclic) bond motifs is 11. The summed E-state index contributed by atoms with van der Waals surface area (Å²) in [7, 11) is 0. The molecule has 0 nitrogen and oxygen atoms in total. The number of hydrogen-bond acceptors (Lipinski definition) is 7. The topological polar surface area (TPSA) is 0 Å². The zero-order valence-electron chi connectivity index (χ0n) is 11.2. The van der Waals surface area contributed by atoms with Crippen molar-refractivity contribution in [3.63, 3.8) is 0 Å². The van der Waals surface area contributed by atoms with Crippen LogP contribution >= 0.6 is 79.4 Å². The van der Waals surface area contributed by atoms with E-state index in [0.29, 0.717) is 0 Å². The van der Waals surface area contributed by atoms with Crippen LogP contribution in [0, 0.1) is 0 Å². The first kappa shape index (κ1) is 12.8. The van der Waals surface area contributed by atoms with E-state index in [2.05, 4.69) is 22.9 Å². The van der Waals surface area contributed by atoms with Crippen LogP contribution in [0.1, 0.15) is 0 Å². The first-order valence-corrected chi connectivity index (χ1v) is 12.8. The van der Waals surface area contributed by atoms with Gasteiger partial charge in [-0.05, 0) is 22.9 Å². The first-order chi connectivity index (χ1) is 11.4. The van der Waals surface area contributed by atoms with Gasteiger partial charge in [-0.1, -0.05) is 0 Å². The van der Waals surface area contributed by atoms with Gasteiger partial charge >= 0.3 is 0 Å². The maximum atomic E-state index is 2.31. The van der Waals surface area contributed by atoms with E-state index >= 15 is 0 Å². The van der Waals surface area contributed by atoms with Gasteiger partial charge in [0.05, 0.1) is 24.1 Å². The molecule has 0 amide bonds. The van der Waals surface area contributed by atoms with Crippen molar-refractivity contribution in [2.45, 2.75) is 0 Å². The summed E-state index contributed by atoms with van der Waals surface area (Å²) >= 11 is 13.7. The van der Waals surface area contributed by atoms with Crippen molar-refractivity contribution in [3.8, 4) is 0 Å². The van der Waals surface area contributed by atoms with Crippen molar-refractivity contribution in [1.29, 1.82) is 0 Å². The van der Waals surface area contributed by atoms with Crippen LogP contribution in [-0.4, -0.2) is 0 Å². The van der Waals surface area contributed by atoms with Gasteiger partial charge in [0.1, 0.15) is 0 Å². The molecule has 0 aliphatic rings. The molecule has 7 rings (SSSR count). The van der Waals surface area contributed by atoms with Crippen LogP contribution in [0.5, 0.6) is 0 Å². The van der Waals surface area contributed by atoms with Gasteiger partial charge in [-0.25, -0.2) is 0 Å². The Morgan fingerprint density at radius 1 is 0.435 bits per heavy atom. The zero-order valence-corrected chi connectivity index (χ0v) is 16.9. The van der Waals surface area contributed by atoms with Gasteiger partial charge in [-0.2, -0.15) is 0 Å². The lowest BCUT2D eigenvalue weighted by molar-refractivity contribution is 2.20. The van der Waals surface area contributed by atoms with Crippen LogP contribution in [-0.2, 0) is 0 Å². The van der Waals surface area contributed by atoms with Gasteiger partial charge in [-0.15, -0.1) is 79.4 Å². The van der Waals surface area contributed by atoms with Crippen LogP contribution in [0.25, 0.3) is 56.4 Å². The largest absolute Gasteiger partial charge is 0.133 e. The fourth-order valence-corrected chi connectivity index (χ4v) is 13.2. The minimum absolute atomic E-state index is 1.47. The van der Waals surface area contributed by atoms with Gasteiger partial charge in [0.15, 0.2) is 0 Å². The normalized spacial score (nSPS) is 13.2. The minimum Gasteiger partial charge on any atom is -0.133 e. The number of rotatable bonds is 0. The van der Waals surface area contributed by atoms with Crippen LogP contribution in [0.15, 0.2) is 22.9 Å². The Kier molecular flexibility index (Phi) is 2.31. The highest BCUT2D eigenvalue weighted by Crippen LogP contribution is 2.56. The SMILES string of the molecule is c1cc2c(s1)sc1sc3sc4sc5sc6sccc6c5c4c3c12. The van der Waals surface area contributed by atoms with Gasteiger partial charge in [0.25, 0.3) is 0 Å². The lowest BCUT2D eigenvalue weighted by atomic mass is 10.1. The fraction of sp³-hybridized carbons (Fsp3) is 0. The molecule has 0 radical (unpaired) electrons. The van der Waals surface area contributed by atoms with Crippen LogP contribution < -0.4 is 0 Å². The van der Waals surface area contributed by atoms with E-state index in [1.807, 2.05) is 79.4 Å². The van der Waals surface area contributed by atoms with E-state index in [9.17, 15) is 0 Å². The molecule has 7 aromatic heterocycles. The Hall–Kier alpha value is -0.540. The lowest BCUT2D eigenvalue weighted by Crippen LogP contribution is -1.60. The summed E-state index contributed by atoms with van der Waals surface area (Å²) in [6, 6.07) is 4.62. The summed E-state index contributed by atoms with van der Waals surface area (Å²) in [5.41, 5.74) is 0. The second-order valence-corrected chi connectivity index (χ2v) is 13.9. The highest BCUT2D eigenvalue weighted by molar-refractivity contribution is 7.60. The van der Waals surface area contributed by atoms with Crippen LogP contribution in [0.3, 0.4) is 0 Å². The van der Waals surface area contributed by atoms with E-state index in [1.54, 1.807) is 0 Å². The highest BCUT2D eigenvalue weighted by Gasteiger charge is 2.22. The van der Waals surface area contributed by atoms with Crippen molar-refractivity contribution in [2.24, 2.45) is 0 Å². The summed E-state index contributed by atoms with van der Waals surface area (Å²) < 4.78 is 8.99. The third-order valence-electron chi connectivity index (χ3n) is 4.29. The van der Waals surface area contributed by atoms with Gasteiger partial charge in [0, 0.05) is 32.3 Å². The molecule has 7 heteroatoms. The second kappa shape index (κ2) is 4.16. The first-order valence-electron chi connectivity index (χ1n) is 6.91. The Labute approximate surface area is 157 Å². The molecular weight excluding hydrogens is 417 g/mol. The number of thiophene rings is 7. The average Bonchev–Trinajstić information content (AvgIpc) is 3.23. The Morgan fingerprint density at radius 3 is 1.30 bits per heavy atom. The van der Waals surface area contributed by atoms with E-state index in [-0.39, 0.29) is 0 Å². The van der Waals surface area contributed by atoms with Crippen molar-refractivity contribution in [1.82, 2.24) is 0 Å². The average molecular weight is 421 g/mol. The molecule has 0 fully saturated rings. The molecule has 0 bridgehead atoms. The van der Waals surface area contributed by atoms with E-state index < -0.39 is 0 Å². The molecule has 0 aliphatic carbocycles. The van der Waals surface area contributed by atoms with Crippen LogP contribution in [0.4, 0.5) is 0 Å². The molecule has 0 aliphatic heterocycles. The van der Waals surface area contributed by atoms with Gasteiger partial charge in [0.2, 0.25) is 0 Å². The molecule has 7 aromatic rings. The van der Waals surface area contributed by atoms with E-state index in [1.165, 1.54) is 56.4 Å². The smallest absolute Gasteiger partial charge is 0.0908 e. The third-order valence-corrected chi connectivity index (χ3v) is 12.7. The molecule has 7 heterocycles. The van der Waals surface area contributed by atoms with Crippen molar-refractivity contribution < 1.29 is 0 Å². The third kappa shape index (κ3) is 1.43. The summed E-state index contributed by atoms with van der Waals surface area (Å²) in [4.78, 5) is 0.